The third-order valence-electron chi connectivity index (χ3n) is 1.27. The van der Waals surface area contributed by atoms with E-state index in [0.29, 0.717) is 0 Å². The first-order chi connectivity index (χ1) is 11.8. The number of halogens is 8. The van der Waals surface area contributed by atoms with E-state index in [2.05, 4.69) is 0 Å². The van der Waals surface area contributed by atoms with Crippen LogP contribution in [0.4, 0.5) is 0 Å². The molecule has 0 saturated carbocycles. The standard InChI is InChI=1S/2C5H8.2C2H4.8CH3.8ClH.4Ru/c2*1-4-5(2)3;2*1-2;;;;;;;;;;;;;;;;;;;;/h2*1,4H,2-3H3;2*1H,2H3;8*1H3;8*1H;;;;/q;;;;8*-1;;;;;;;;;4*+2/p-8. The molecule has 0 aromatic heterocycles. The van der Waals surface area contributed by atoms with Gasteiger partial charge in [0.05, 0.1) is 0 Å². The molecular formula is C22H48Cl8Ru4-8. The van der Waals surface area contributed by atoms with Gasteiger partial charge in [-0.25, -0.2) is 0 Å². The van der Waals surface area contributed by atoms with E-state index >= 15 is 0 Å². The number of allylic oxidation sites excluding steroid dienone is 4. The Morgan fingerprint density at radius 3 is 0.588 bits per heavy atom. The zero-order chi connectivity index (χ0) is 21.7. The van der Waals surface area contributed by atoms with Gasteiger partial charge >= 0.3 is 215 Å². The summed E-state index contributed by atoms with van der Waals surface area (Å²) in [6.07, 6.45) is 3.91. The normalized spacial score (nSPS) is 7.94. The molecule has 0 unspecified atom stereocenters. The van der Waals surface area contributed by atoms with Gasteiger partial charge in [-0.3, -0.25) is 0 Å². The van der Waals surface area contributed by atoms with E-state index in [1.807, 2.05) is 72.1 Å². The SMILES string of the molecule is CC(C)=C[CH]=[Ru]([Cl])[Cl].CC(C)=C[CH]=[Ru]([Cl])[Cl].C[CH]=[Ru]([Cl])[Cl].C[CH]=[Ru]([Cl])[Cl].[CH3-].[CH3-].[CH3-].[CH3-].[CH3-].[CH3-].[CH3-].[CH3-]. The van der Waals surface area contributed by atoms with Gasteiger partial charge in [0, 0.05) is 0 Å². The molecule has 0 heterocycles. The van der Waals surface area contributed by atoms with Crippen molar-refractivity contribution < 1.29 is 54.1 Å². The predicted octanol–water partition coefficient (Wildman–Crippen LogP) is 12.4. The predicted molar refractivity (Wildman–Crippen MR) is 173 cm³/mol. The second-order valence-corrected chi connectivity index (χ2v) is 28.0. The van der Waals surface area contributed by atoms with Gasteiger partial charge in [-0.05, 0) is 0 Å². The van der Waals surface area contributed by atoms with Gasteiger partial charge in [0.25, 0.3) is 0 Å². The number of rotatable bonds is 2. The first-order valence-corrected chi connectivity index (χ1v) is 28.2. The molecule has 0 aliphatic rings. The Morgan fingerprint density at radius 2 is 0.559 bits per heavy atom. The Morgan fingerprint density at radius 1 is 0.412 bits per heavy atom. The summed E-state index contributed by atoms with van der Waals surface area (Å²) in [5, 5.41) is 0. The van der Waals surface area contributed by atoms with Gasteiger partial charge < -0.3 is 59.4 Å². The van der Waals surface area contributed by atoms with Crippen LogP contribution in [0.2, 0.25) is 0 Å². The maximum absolute atomic E-state index is 5.53. The van der Waals surface area contributed by atoms with Gasteiger partial charge in [0.15, 0.2) is 0 Å². The second kappa shape index (κ2) is 61.0. The van der Waals surface area contributed by atoms with Crippen LogP contribution in [-0.4, -0.2) is 18.4 Å². The van der Waals surface area contributed by atoms with Crippen LogP contribution in [0.15, 0.2) is 23.3 Å². The summed E-state index contributed by atoms with van der Waals surface area (Å²) in [7, 11) is 43.4. The minimum atomic E-state index is -1.52. The van der Waals surface area contributed by atoms with Gasteiger partial charge in [-0.15, -0.1) is 0 Å². The second-order valence-electron chi connectivity index (χ2n) is 3.95. The minimum absolute atomic E-state index is 0. The van der Waals surface area contributed by atoms with Crippen molar-refractivity contribution in [3.8, 4) is 0 Å². The fraction of sp³-hybridized carbons (Fsp3) is 0.273. The zero-order valence-electron chi connectivity index (χ0n) is 22.9. The van der Waals surface area contributed by atoms with Crippen LogP contribution in [0.5, 0.6) is 0 Å². The summed E-state index contributed by atoms with van der Waals surface area (Å²) in [4.78, 5) is 0. The van der Waals surface area contributed by atoms with E-state index in [4.69, 9.17) is 77.5 Å². The summed E-state index contributed by atoms with van der Waals surface area (Å²) >= 11 is -5.77. The third kappa shape index (κ3) is 137. The zero-order valence-corrected chi connectivity index (χ0v) is 35.9. The van der Waals surface area contributed by atoms with Crippen LogP contribution in [-0.2, 0) is 54.1 Å². The number of hydrogen-bond acceptors (Lipinski definition) is 0. The third-order valence-corrected chi connectivity index (χ3v) is 10.0. The van der Waals surface area contributed by atoms with E-state index in [0.717, 1.165) is 0 Å². The summed E-state index contributed by atoms with van der Waals surface area (Å²) < 4.78 is 7.44. The van der Waals surface area contributed by atoms with Crippen molar-refractivity contribution in [2.75, 3.05) is 0 Å². The van der Waals surface area contributed by atoms with Gasteiger partial charge in [0.1, 0.15) is 0 Å². The van der Waals surface area contributed by atoms with Crippen molar-refractivity contribution in [3.63, 3.8) is 0 Å². The molecule has 0 spiro atoms. The Labute approximate surface area is 270 Å². The fourth-order valence-electron chi connectivity index (χ4n) is 0.325. The molecule has 0 radical (unpaired) electrons. The topological polar surface area (TPSA) is 0 Å². The van der Waals surface area contributed by atoms with Crippen molar-refractivity contribution in [1.82, 2.24) is 0 Å². The van der Waals surface area contributed by atoms with Crippen LogP contribution in [0.3, 0.4) is 0 Å². The summed E-state index contributed by atoms with van der Waals surface area (Å²) in [6.45, 7) is 11.8. The fourth-order valence-corrected chi connectivity index (χ4v) is 2.98. The molecule has 12 heteroatoms. The molecule has 0 aliphatic carbocycles. The summed E-state index contributed by atoms with van der Waals surface area (Å²) in [5.41, 5.74) is 2.48. The number of hydrogen-bond donors (Lipinski definition) is 0. The average Bonchev–Trinajstić information content (AvgIpc) is 2.52. The molecule has 0 bridgehead atoms. The van der Waals surface area contributed by atoms with Gasteiger partial charge in [-0.1, -0.05) is 0 Å². The maximum atomic E-state index is 5.53. The van der Waals surface area contributed by atoms with Crippen molar-refractivity contribution in [1.29, 1.82) is 0 Å². The smallest absolute Gasteiger partial charge is 0.358 e. The molecular weight excluding hydrogens is 952 g/mol. The van der Waals surface area contributed by atoms with Crippen molar-refractivity contribution in [2.24, 2.45) is 0 Å². The van der Waals surface area contributed by atoms with Crippen LogP contribution in [0.1, 0.15) is 41.5 Å². The average molecular weight is 1000 g/mol. The first-order valence-electron chi connectivity index (χ1n) is 6.28. The Hall–Kier alpha value is 3.77. The monoisotopic (exact) mass is 1000 g/mol. The van der Waals surface area contributed by atoms with E-state index in [1.54, 1.807) is 0 Å². The van der Waals surface area contributed by atoms with E-state index in [1.165, 1.54) is 11.1 Å². The molecule has 0 atom stereocenters. The van der Waals surface area contributed by atoms with Gasteiger partial charge in [-0.2, -0.15) is 0 Å². The van der Waals surface area contributed by atoms with E-state index < -0.39 is 54.1 Å². The summed E-state index contributed by atoms with van der Waals surface area (Å²) in [5.74, 6) is 0. The molecule has 0 aliphatic heterocycles. The van der Waals surface area contributed by atoms with Crippen LogP contribution >= 0.6 is 77.5 Å². The molecule has 0 nitrogen and oxygen atoms in total. The maximum Gasteiger partial charge on any atom is -0.358 e. The molecule has 0 aromatic rings. The van der Waals surface area contributed by atoms with Crippen molar-refractivity contribution in [3.05, 3.63) is 82.7 Å². The molecule has 0 fully saturated rings. The molecule has 232 valence electrons. The quantitative estimate of drug-likeness (QED) is 0.191. The Balaban J connectivity index is -0.0000000179. The Bertz CT molecular complexity index is 439. The largest absolute Gasteiger partial charge is 0.358 e. The van der Waals surface area contributed by atoms with Crippen LogP contribution in [0, 0.1) is 59.4 Å². The van der Waals surface area contributed by atoms with Crippen molar-refractivity contribution in [2.45, 2.75) is 41.5 Å². The van der Waals surface area contributed by atoms with E-state index in [-0.39, 0.29) is 59.4 Å². The minimum Gasteiger partial charge on any atom is -0.358 e. The van der Waals surface area contributed by atoms with Crippen LogP contribution < -0.4 is 0 Å². The molecule has 0 rings (SSSR count). The molecule has 0 N–H and O–H groups in total. The molecule has 34 heavy (non-hydrogen) atoms. The van der Waals surface area contributed by atoms with Crippen LogP contribution in [0.25, 0.3) is 0 Å². The molecule has 0 amide bonds. The Kier molecular flexibility index (Phi) is 138. The summed E-state index contributed by atoms with van der Waals surface area (Å²) in [6, 6.07) is 0. The molecule has 0 saturated heterocycles. The van der Waals surface area contributed by atoms with Gasteiger partial charge in [0.2, 0.25) is 0 Å². The van der Waals surface area contributed by atoms with E-state index in [9.17, 15) is 0 Å². The molecule has 0 aromatic carbocycles. The first kappa shape index (κ1) is 76.9. The van der Waals surface area contributed by atoms with Crippen molar-refractivity contribution >= 4 is 96.0 Å².